The molecule has 2 atom stereocenters. The number of thiazole rings is 1. The average Bonchev–Trinajstić information content (AvgIpc) is 3.34. The molecule has 1 aromatic rings. The van der Waals surface area contributed by atoms with Crippen molar-refractivity contribution in [3.8, 4) is 0 Å². The Morgan fingerprint density at radius 2 is 1.62 bits per heavy atom. The third-order valence-corrected chi connectivity index (χ3v) is 15.4. The highest BCUT2D eigenvalue weighted by atomic mass is 79.9. The van der Waals surface area contributed by atoms with Crippen LogP contribution in [0.15, 0.2) is 27.6 Å². The Balaban J connectivity index is 2.60. The maximum atomic E-state index is 12.8. The molecule has 0 aliphatic carbocycles. The van der Waals surface area contributed by atoms with Crippen LogP contribution in [-0.2, 0) is 36.3 Å². The molecule has 1 heterocycles. The zero-order valence-electron chi connectivity index (χ0n) is 28.4. The van der Waals surface area contributed by atoms with Gasteiger partial charge in [-0.2, -0.15) is 0 Å². The molecular formula is C33H53BrCl3NO5SSi. The fourth-order valence-corrected chi connectivity index (χ4v) is 12.9. The van der Waals surface area contributed by atoms with Crippen LogP contribution in [0.3, 0.4) is 0 Å². The van der Waals surface area contributed by atoms with Gasteiger partial charge in [-0.3, -0.25) is 9.59 Å². The average molecular weight is 790 g/mol. The fourth-order valence-electron chi connectivity index (χ4n) is 5.93. The van der Waals surface area contributed by atoms with Gasteiger partial charge in [0, 0.05) is 30.7 Å². The van der Waals surface area contributed by atoms with Crippen LogP contribution in [0.5, 0.6) is 0 Å². The van der Waals surface area contributed by atoms with Crippen molar-refractivity contribution in [2.45, 2.75) is 146 Å². The van der Waals surface area contributed by atoms with Crippen molar-refractivity contribution in [1.82, 2.24) is 4.98 Å². The van der Waals surface area contributed by atoms with E-state index >= 15 is 0 Å². The minimum absolute atomic E-state index is 0.141. The highest BCUT2D eigenvalue weighted by Gasteiger charge is 2.46. The topological polar surface area (TPSA) is 74.7 Å². The molecule has 12 heteroatoms. The second kappa shape index (κ2) is 20.8. The predicted octanol–water partition coefficient (Wildman–Crippen LogP) is 11.2. The number of hydrogen-bond acceptors (Lipinski definition) is 7. The van der Waals surface area contributed by atoms with E-state index in [4.69, 9.17) is 53.7 Å². The molecule has 0 spiro atoms. The maximum absolute atomic E-state index is 12.8. The molecule has 0 aromatic carbocycles. The van der Waals surface area contributed by atoms with Crippen molar-refractivity contribution in [1.29, 1.82) is 0 Å². The van der Waals surface area contributed by atoms with Crippen molar-refractivity contribution in [3.63, 3.8) is 0 Å². The molecule has 0 aliphatic rings. The van der Waals surface area contributed by atoms with Gasteiger partial charge in [-0.05, 0) is 80.1 Å². The number of nitrogens with zero attached hydrogens (tertiary/aromatic N) is 1. The van der Waals surface area contributed by atoms with Gasteiger partial charge < -0.3 is 13.9 Å². The number of rotatable bonds is 20. The van der Waals surface area contributed by atoms with Gasteiger partial charge in [0.15, 0.2) is 0 Å². The van der Waals surface area contributed by atoms with Crippen LogP contribution in [0.4, 0.5) is 0 Å². The molecule has 0 fully saturated rings. The van der Waals surface area contributed by atoms with Crippen LogP contribution in [0.2, 0.25) is 16.6 Å². The van der Waals surface area contributed by atoms with Crippen LogP contribution in [0.1, 0.15) is 112 Å². The Bertz CT molecular complexity index is 1090. The summed E-state index contributed by atoms with van der Waals surface area (Å²) in [4.78, 5) is 29.3. The first-order valence-electron chi connectivity index (χ1n) is 15.9. The molecule has 45 heavy (non-hydrogen) atoms. The highest BCUT2D eigenvalue weighted by molar-refractivity contribution is 9.11. The number of carbonyl (C=O) groups excluding carboxylic acids is 2. The third-order valence-electron chi connectivity index (χ3n) is 7.70. The second-order valence-corrected chi connectivity index (χ2v) is 22.9. The van der Waals surface area contributed by atoms with Gasteiger partial charge in [-0.15, -0.1) is 11.3 Å². The number of allylic oxidation sites excluding steroid dienone is 2. The number of halogens is 4. The SMILES string of the molecule is C/C(Br)=C\[C@H](Cc1nc(CCCCC(=O)OCC(Cl)(Cl)Cl)cs1)OC(=O)CC/C=C(\C)C[C@H](C)O[Si](C(C)C)(C(C)C)C(C)C. The van der Waals surface area contributed by atoms with Gasteiger partial charge in [0.1, 0.15) is 12.7 Å². The van der Waals surface area contributed by atoms with Gasteiger partial charge in [0.2, 0.25) is 12.1 Å². The number of unbranched alkanes of at least 4 members (excludes halogenated alkanes) is 1. The van der Waals surface area contributed by atoms with E-state index in [-0.39, 0.29) is 25.1 Å². The summed E-state index contributed by atoms with van der Waals surface area (Å²) >= 11 is 21.8. The number of esters is 2. The van der Waals surface area contributed by atoms with Crippen molar-refractivity contribution >= 4 is 82.3 Å². The van der Waals surface area contributed by atoms with Crippen LogP contribution < -0.4 is 0 Å². The molecule has 258 valence electrons. The number of hydrogen-bond donors (Lipinski definition) is 0. The van der Waals surface area contributed by atoms with Crippen LogP contribution in [0, 0.1) is 0 Å². The summed E-state index contributed by atoms with van der Waals surface area (Å²) in [6.45, 7) is 19.8. The van der Waals surface area contributed by atoms with Gasteiger partial charge >= 0.3 is 11.9 Å². The Hall–Kier alpha value is -0.423. The van der Waals surface area contributed by atoms with E-state index in [1.165, 1.54) is 5.57 Å². The smallest absolute Gasteiger partial charge is 0.306 e. The lowest BCUT2D eigenvalue weighted by Crippen LogP contribution is -2.49. The van der Waals surface area contributed by atoms with Crippen LogP contribution >= 0.6 is 62.1 Å². The summed E-state index contributed by atoms with van der Waals surface area (Å²) in [5.74, 6) is -0.624. The molecule has 0 saturated heterocycles. The Morgan fingerprint density at radius 3 is 2.18 bits per heavy atom. The number of alkyl halides is 3. The first-order valence-corrected chi connectivity index (χ1v) is 20.8. The largest absolute Gasteiger partial charge is 0.461 e. The monoisotopic (exact) mass is 787 g/mol. The van der Waals surface area contributed by atoms with E-state index in [0.29, 0.717) is 42.3 Å². The van der Waals surface area contributed by atoms with Crippen molar-refractivity contribution in [3.05, 3.63) is 38.3 Å². The van der Waals surface area contributed by atoms with Gasteiger partial charge in [0.25, 0.3) is 0 Å². The summed E-state index contributed by atoms with van der Waals surface area (Å²) in [6.07, 6.45) is 8.47. The lowest BCUT2D eigenvalue weighted by Gasteiger charge is -2.44. The molecule has 1 rings (SSSR count). The van der Waals surface area contributed by atoms with E-state index in [1.807, 2.05) is 18.4 Å². The predicted molar refractivity (Wildman–Crippen MR) is 196 cm³/mol. The summed E-state index contributed by atoms with van der Waals surface area (Å²) in [7, 11) is -1.93. The molecule has 0 unspecified atom stereocenters. The quantitative estimate of drug-likeness (QED) is 0.0431. The highest BCUT2D eigenvalue weighted by Crippen LogP contribution is 2.43. The molecule has 0 N–H and O–H groups in total. The molecular weight excluding hydrogens is 737 g/mol. The van der Waals surface area contributed by atoms with Gasteiger partial charge in [-0.25, -0.2) is 4.98 Å². The number of aromatic nitrogens is 1. The molecule has 1 aromatic heterocycles. The molecule has 0 amide bonds. The van der Waals surface area contributed by atoms with Crippen molar-refractivity contribution in [2.75, 3.05) is 6.61 Å². The number of ether oxygens (including phenoxy) is 2. The zero-order valence-corrected chi connectivity index (χ0v) is 34.1. The fraction of sp³-hybridized carbons (Fsp3) is 0.727. The number of carbonyl (C=O) groups is 2. The van der Waals surface area contributed by atoms with E-state index in [0.717, 1.165) is 34.4 Å². The lowest BCUT2D eigenvalue weighted by atomic mass is 10.1. The molecule has 0 bridgehead atoms. The zero-order chi connectivity index (χ0) is 34.4. The van der Waals surface area contributed by atoms with E-state index in [1.54, 1.807) is 11.3 Å². The first kappa shape index (κ1) is 42.6. The summed E-state index contributed by atoms with van der Waals surface area (Å²) in [6, 6.07) is 0. The Morgan fingerprint density at radius 1 is 1.00 bits per heavy atom. The van der Waals surface area contributed by atoms with Crippen LogP contribution in [0.25, 0.3) is 0 Å². The van der Waals surface area contributed by atoms with E-state index in [9.17, 15) is 9.59 Å². The van der Waals surface area contributed by atoms with Gasteiger partial charge in [0.05, 0.1) is 10.7 Å². The normalized spacial score (nSPS) is 14.8. The second-order valence-electron chi connectivity index (χ2n) is 12.7. The minimum Gasteiger partial charge on any atom is -0.461 e. The first-order chi connectivity index (χ1) is 20.8. The number of aryl methyl sites for hydroxylation is 1. The lowest BCUT2D eigenvalue weighted by molar-refractivity contribution is -0.147. The van der Waals surface area contributed by atoms with Crippen molar-refractivity contribution in [2.24, 2.45) is 0 Å². The molecule has 0 radical (unpaired) electrons. The van der Waals surface area contributed by atoms with Crippen molar-refractivity contribution < 1.29 is 23.5 Å². The summed E-state index contributed by atoms with van der Waals surface area (Å²) in [5, 5.41) is 2.90. The third kappa shape index (κ3) is 17.0. The Labute approximate surface area is 300 Å². The van der Waals surface area contributed by atoms with Gasteiger partial charge in [-0.1, -0.05) is 104 Å². The standard InChI is InChI=1S/C33H53BrCl3NO5SSi/c1-22(2)45(23(3)4,24(5)6)43-27(9)17-25(7)13-12-16-32(40)42-29(18-26(8)34)19-30-38-28(20-44-30)14-10-11-15-31(39)41-21-33(35,36)37/h13,18,20,22-24,27,29H,10-12,14-17,19,21H2,1-9H3/b25-13+,26-18+/t27-,29+/m0/s1. The van der Waals surface area contributed by atoms with Crippen LogP contribution in [-0.4, -0.2) is 47.8 Å². The minimum atomic E-state index is -1.93. The molecule has 0 aliphatic heterocycles. The molecule has 0 saturated carbocycles. The maximum Gasteiger partial charge on any atom is 0.306 e. The van der Waals surface area contributed by atoms with E-state index < -0.39 is 24.2 Å². The summed E-state index contributed by atoms with van der Waals surface area (Å²) in [5.41, 5.74) is 3.82. The molecule has 6 nitrogen and oxygen atoms in total. The summed E-state index contributed by atoms with van der Waals surface area (Å²) < 4.78 is 17.0. The Kier molecular flexibility index (Phi) is 19.7. The van der Waals surface area contributed by atoms with E-state index in [2.05, 4.69) is 77.4 Å².